The number of hydrogen-bond donors (Lipinski definition) is 0. The Bertz CT molecular complexity index is 699. The number of aryl methyl sites for hydroxylation is 1. The molecule has 1 aromatic heterocycles. The molecule has 1 saturated heterocycles. The molecule has 3 rings (SSSR count). The summed E-state index contributed by atoms with van der Waals surface area (Å²) in [6.45, 7) is 1.56. The molecular weight excluding hydrogens is 309 g/mol. The van der Waals surface area contributed by atoms with Crippen LogP contribution in [0.1, 0.15) is 36.1 Å². The predicted molar refractivity (Wildman–Crippen MR) is 87.9 cm³/mol. The van der Waals surface area contributed by atoms with Crippen molar-refractivity contribution in [2.45, 2.75) is 24.8 Å². The highest BCUT2D eigenvalue weighted by Gasteiger charge is 2.33. The zero-order valence-corrected chi connectivity index (χ0v) is 14.0. The summed E-state index contributed by atoms with van der Waals surface area (Å²) in [5, 5.41) is 4.25. The number of ether oxygens (including phenoxy) is 1. The first-order chi connectivity index (χ1) is 11.6. The van der Waals surface area contributed by atoms with Crippen molar-refractivity contribution in [3.05, 3.63) is 53.6 Å². The third-order valence-corrected chi connectivity index (χ3v) is 4.71. The highest BCUT2D eigenvalue weighted by molar-refractivity contribution is 5.77. The van der Waals surface area contributed by atoms with E-state index in [9.17, 15) is 9.18 Å². The maximum atomic E-state index is 13.2. The molecule has 0 spiro atoms. The van der Waals surface area contributed by atoms with Crippen molar-refractivity contribution in [1.29, 1.82) is 0 Å². The number of aromatic nitrogens is 2. The van der Waals surface area contributed by atoms with Crippen molar-refractivity contribution in [3.63, 3.8) is 0 Å². The Kier molecular flexibility index (Phi) is 4.94. The summed E-state index contributed by atoms with van der Waals surface area (Å²) in [7, 11) is 3.33. The average molecular weight is 331 g/mol. The zero-order valence-electron chi connectivity index (χ0n) is 14.0. The van der Waals surface area contributed by atoms with Gasteiger partial charge in [-0.15, -0.1) is 0 Å². The molecule has 0 aliphatic carbocycles. The van der Waals surface area contributed by atoms with Gasteiger partial charge in [0.05, 0.1) is 7.11 Å². The molecule has 1 fully saturated rings. The van der Waals surface area contributed by atoms with E-state index in [1.54, 1.807) is 18.3 Å². The maximum absolute atomic E-state index is 13.2. The number of nitrogens with zero attached hydrogens (tertiary/aromatic N) is 3. The summed E-state index contributed by atoms with van der Waals surface area (Å²) in [4.78, 5) is 14.5. The second-order valence-corrected chi connectivity index (χ2v) is 6.19. The normalized spacial score (nSPS) is 19.9. The number of carbonyl (C=O) groups excluding carboxylic acids is 1. The van der Waals surface area contributed by atoms with Gasteiger partial charge in [-0.2, -0.15) is 5.10 Å². The zero-order chi connectivity index (χ0) is 17.1. The van der Waals surface area contributed by atoms with Crippen LogP contribution >= 0.6 is 0 Å². The summed E-state index contributed by atoms with van der Waals surface area (Å²) in [6, 6.07) is 7.60. The van der Waals surface area contributed by atoms with Crippen molar-refractivity contribution in [2.75, 3.05) is 20.2 Å². The molecule has 0 saturated carbocycles. The monoisotopic (exact) mass is 331 g/mol. The Hall–Kier alpha value is -2.21. The van der Waals surface area contributed by atoms with Crippen LogP contribution in [0.3, 0.4) is 0 Å². The Balaban J connectivity index is 1.86. The number of piperidine rings is 1. The molecule has 24 heavy (non-hydrogen) atoms. The Morgan fingerprint density at radius 1 is 1.33 bits per heavy atom. The second-order valence-electron chi connectivity index (χ2n) is 6.19. The van der Waals surface area contributed by atoms with Gasteiger partial charge >= 0.3 is 5.97 Å². The van der Waals surface area contributed by atoms with Crippen molar-refractivity contribution in [3.8, 4) is 0 Å². The number of carbonyl (C=O) groups is 1. The van der Waals surface area contributed by atoms with Gasteiger partial charge in [0.1, 0.15) is 11.9 Å². The van der Waals surface area contributed by atoms with Crippen LogP contribution in [0, 0.1) is 5.82 Å². The summed E-state index contributed by atoms with van der Waals surface area (Å²) in [5.41, 5.74) is 1.93. The van der Waals surface area contributed by atoms with Gasteiger partial charge in [0.25, 0.3) is 0 Å². The minimum Gasteiger partial charge on any atom is -0.468 e. The minimum absolute atomic E-state index is 0.311. The van der Waals surface area contributed by atoms with E-state index in [-0.39, 0.29) is 11.8 Å². The van der Waals surface area contributed by atoms with Crippen LogP contribution in [0.15, 0.2) is 36.5 Å². The molecule has 0 bridgehead atoms. The van der Waals surface area contributed by atoms with E-state index in [0.29, 0.717) is 5.92 Å². The van der Waals surface area contributed by atoms with Crippen LogP contribution in [0.5, 0.6) is 0 Å². The van der Waals surface area contributed by atoms with Crippen LogP contribution in [-0.2, 0) is 16.6 Å². The molecular formula is C18H22FN3O2. The van der Waals surface area contributed by atoms with E-state index in [4.69, 9.17) is 4.74 Å². The second kappa shape index (κ2) is 7.13. The lowest BCUT2D eigenvalue weighted by Gasteiger charge is -2.37. The third kappa shape index (κ3) is 3.33. The molecule has 2 heterocycles. The van der Waals surface area contributed by atoms with Gasteiger partial charge in [-0.05, 0) is 43.1 Å². The van der Waals surface area contributed by atoms with E-state index in [0.717, 1.165) is 31.5 Å². The highest BCUT2D eigenvalue weighted by atomic mass is 19.1. The number of benzene rings is 1. The van der Waals surface area contributed by atoms with Gasteiger partial charge in [0.15, 0.2) is 0 Å². The van der Waals surface area contributed by atoms with Crippen LogP contribution < -0.4 is 0 Å². The highest BCUT2D eigenvalue weighted by Crippen LogP contribution is 2.32. The smallest absolute Gasteiger partial charge is 0.327 e. The maximum Gasteiger partial charge on any atom is 0.327 e. The lowest BCUT2D eigenvalue weighted by Crippen LogP contribution is -2.41. The van der Waals surface area contributed by atoms with Crippen molar-refractivity contribution < 1.29 is 13.9 Å². The van der Waals surface area contributed by atoms with E-state index in [2.05, 4.69) is 10.00 Å². The largest absolute Gasteiger partial charge is 0.468 e. The number of rotatable bonds is 4. The SMILES string of the molecule is COC(=O)C(c1ccc(F)cc1)N1CCCC(c2ccnn2C)C1. The van der Waals surface area contributed by atoms with Crippen LogP contribution in [0.2, 0.25) is 0 Å². The molecule has 128 valence electrons. The molecule has 5 nitrogen and oxygen atoms in total. The number of hydrogen-bond acceptors (Lipinski definition) is 4. The average Bonchev–Trinajstić information content (AvgIpc) is 3.03. The van der Waals surface area contributed by atoms with Crippen molar-refractivity contribution in [1.82, 2.24) is 14.7 Å². The molecule has 1 aliphatic rings. The van der Waals surface area contributed by atoms with Crippen LogP contribution in [0.4, 0.5) is 4.39 Å². The fourth-order valence-electron chi connectivity index (χ4n) is 3.52. The van der Waals surface area contributed by atoms with Crippen LogP contribution in [0.25, 0.3) is 0 Å². The predicted octanol–water partition coefficient (Wildman–Crippen LogP) is 2.65. The van der Waals surface area contributed by atoms with E-state index < -0.39 is 6.04 Å². The van der Waals surface area contributed by atoms with E-state index in [1.807, 2.05) is 17.8 Å². The van der Waals surface area contributed by atoms with Gasteiger partial charge in [0, 0.05) is 31.4 Å². The number of methoxy groups -OCH3 is 1. The first-order valence-corrected chi connectivity index (χ1v) is 8.15. The molecule has 6 heteroatoms. The minimum atomic E-state index is -0.508. The number of halogens is 1. The van der Waals surface area contributed by atoms with Gasteiger partial charge in [0.2, 0.25) is 0 Å². The first kappa shape index (κ1) is 16.6. The standard InChI is InChI=1S/C18H22FN3O2/c1-21-16(9-10-20-21)14-4-3-11-22(12-14)17(18(23)24-2)13-5-7-15(19)8-6-13/h5-10,14,17H,3-4,11-12H2,1-2H3. The van der Waals surface area contributed by atoms with Crippen LogP contribution in [-0.4, -0.2) is 40.8 Å². The molecule has 0 radical (unpaired) electrons. The topological polar surface area (TPSA) is 47.4 Å². The Labute approximate surface area is 141 Å². The van der Waals surface area contributed by atoms with Gasteiger partial charge in [-0.25, -0.2) is 9.18 Å². The number of likely N-dealkylation sites (tertiary alicyclic amines) is 1. The molecule has 0 N–H and O–H groups in total. The van der Waals surface area contributed by atoms with Gasteiger partial charge in [-0.1, -0.05) is 12.1 Å². The third-order valence-electron chi connectivity index (χ3n) is 4.71. The van der Waals surface area contributed by atoms with E-state index >= 15 is 0 Å². The first-order valence-electron chi connectivity index (χ1n) is 8.15. The summed E-state index contributed by atoms with van der Waals surface area (Å²) >= 11 is 0. The Morgan fingerprint density at radius 2 is 2.08 bits per heavy atom. The lowest BCUT2D eigenvalue weighted by molar-refractivity contribution is -0.147. The Morgan fingerprint density at radius 3 is 2.71 bits per heavy atom. The quantitative estimate of drug-likeness (QED) is 0.808. The molecule has 0 amide bonds. The molecule has 2 atom stereocenters. The summed E-state index contributed by atoms with van der Waals surface area (Å²) in [5.74, 6) is -0.306. The number of esters is 1. The fourth-order valence-corrected chi connectivity index (χ4v) is 3.52. The molecule has 2 unspecified atom stereocenters. The van der Waals surface area contributed by atoms with Gasteiger partial charge in [-0.3, -0.25) is 9.58 Å². The molecule has 2 aromatic rings. The summed E-state index contributed by atoms with van der Waals surface area (Å²) < 4.78 is 20.1. The fraction of sp³-hybridized carbons (Fsp3) is 0.444. The summed E-state index contributed by atoms with van der Waals surface area (Å²) in [6.07, 6.45) is 3.85. The van der Waals surface area contributed by atoms with Crippen molar-refractivity contribution in [2.24, 2.45) is 7.05 Å². The molecule has 1 aromatic carbocycles. The van der Waals surface area contributed by atoms with E-state index in [1.165, 1.54) is 24.9 Å². The van der Waals surface area contributed by atoms with Crippen molar-refractivity contribution >= 4 is 5.97 Å². The lowest BCUT2D eigenvalue weighted by atomic mass is 9.92. The van der Waals surface area contributed by atoms with Gasteiger partial charge < -0.3 is 4.74 Å². The molecule has 1 aliphatic heterocycles.